The molecule has 2 atom stereocenters. The predicted octanol–water partition coefficient (Wildman–Crippen LogP) is 4.80. The molecule has 6 heteroatoms. The van der Waals surface area contributed by atoms with E-state index in [1.54, 1.807) is 16.7 Å². The number of thioether (sulfide) groups is 1. The van der Waals surface area contributed by atoms with E-state index in [2.05, 4.69) is 5.32 Å². The van der Waals surface area contributed by atoms with Gasteiger partial charge in [0, 0.05) is 11.4 Å². The van der Waals surface area contributed by atoms with Crippen LogP contribution in [0.3, 0.4) is 0 Å². The van der Waals surface area contributed by atoms with Gasteiger partial charge in [-0.2, -0.15) is 0 Å². The number of nitrogens with one attached hydrogen (secondary N) is 1. The van der Waals surface area contributed by atoms with Crippen LogP contribution in [0.5, 0.6) is 0 Å². The lowest BCUT2D eigenvalue weighted by molar-refractivity contribution is -0.148. The Morgan fingerprint density at radius 2 is 1.89 bits per heavy atom. The van der Waals surface area contributed by atoms with Gasteiger partial charge in [0.15, 0.2) is 0 Å². The van der Waals surface area contributed by atoms with Gasteiger partial charge in [-0.1, -0.05) is 43.9 Å². The van der Waals surface area contributed by atoms with E-state index in [4.69, 9.17) is 4.74 Å². The zero-order chi connectivity index (χ0) is 19.2. The zero-order valence-corrected chi connectivity index (χ0v) is 17.1. The molecule has 5 nitrogen and oxygen atoms in total. The highest BCUT2D eigenvalue weighted by Gasteiger charge is 2.45. The SMILES string of the molecule is CCCOC(=O)[C@H]1CS[C@@H](C2CCCCC2)N1C(=O)Nc1ccc(C)cc1. The number of hydrogen-bond donors (Lipinski definition) is 1. The molecule has 0 bridgehead atoms. The molecule has 0 aromatic heterocycles. The van der Waals surface area contributed by atoms with Crippen molar-refractivity contribution in [2.24, 2.45) is 5.92 Å². The Morgan fingerprint density at radius 3 is 2.56 bits per heavy atom. The number of hydrogen-bond acceptors (Lipinski definition) is 4. The second-order valence-corrected chi connectivity index (χ2v) is 8.66. The third-order valence-corrected chi connectivity index (χ3v) is 6.81. The highest BCUT2D eigenvalue weighted by Crippen LogP contribution is 2.41. The molecule has 27 heavy (non-hydrogen) atoms. The Morgan fingerprint density at radius 1 is 1.19 bits per heavy atom. The van der Waals surface area contributed by atoms with Crippen molar-refractivity contribution >= 4 is 29.4 Å². The molecule has 148 valence electrons. The molecule has 1 heterocycles. The van der Waals surface area contributed by atoms with E-state index in [9.17, 15) is 9.59 Å². The largest absolute Gasteiger partial charge is 0.464 e. The highest BCUT2D eigenvalue weighted by molar-refractivity contribution is 8.00. The normalized spacial score (nSPS) is 23.3. The first kappa shape index (κ1) is 20.1. The fraction of sp³-hybridized carbons (Fsp3) is 0.619. The minimum Gasteiger partial charge on any atom is -0.464 e. The summed E-state index contributed by atoms with van der Waals surface area (Å²) in [5.41, 5.74) is 1.90. The Bertz CT molecular complexity index is 643. The van der Waals surface area contributed by atoms with Crippen LogP contribution in [0.4, 0.5) is 10.5 Å². The summed E-state index contributed by atoms with van der Waals surface area (Å²) in [6, 6.07) is 7.05. The van der Waals surface area contributed by atoms with Gasteiger partial charge in [-0.3, -0.25) is 4.90 Å². The highest BCUT2D eigenvalue weighted by atomic mass is 32.2. The summed E-state index contributed by atoms with van der Waals surface area (Å²) in [7, 11) is 0. The zero-order valence-electron chi connectivity index (χ0n) is 16.3. The van der Waals surface area contributed by atoms with E-state index in [-0.39, 0.29) is 17.4 Å². The Hall–Kier alpha value is -1.69. The van der Waals surface area contributed by atoms with Crippen LogP contribution in [0, 0.1) is 12.8 Å². The predicted molar refractivity (Wildman–Crippen MR) is 110 cm³/mol. The van der Waals surface area contributed by atoms with Crippen LogP contribution in [-0.2, 0) is 9.53 Å². The van der Waals surface area contributed by atoms with Crippen LogP contribution >= 0.6 is 11.8 Å². The molecule has 2 aliphatic rings. The van der Waals surface area contributed by atoms with Crippen molar-refractivity contribution < 1.29 is 14.3 Å². The first-order valence-electron chi connectivity index (χ1n) is 10.0. The molecular weight excluding hydrogens is 360 g/mol. The van der Waals surface area contributed by atoms with Gasteiger partial charge in [-0.05, 0) is 44.2 Å². The number of carbonyl (C=O) groups excluding carboxylic acids is 2. The molecule has 0 unspecified atom stereocenters. The summed E-state index contributed by atoms with van der Waals surface area (Å²) in [6.07, 6.45) is 6.73. The smallest absolute Gasteiger partial charge is 0.329 e. The van der Waals surface area contributed by atoms with E-state index < -0.39 is 6.04 Å². The van der Waals surface area contributed by atoms with Crippen molar-refractivity contribution in [1.29, 1.82) is 0 Å². The first-order valence-corrected chi connectivity index (χ1v) is 11.1. The van der Waals surface area contributed by atoms with Crippen molar-refractivity contribution in [3.63, 3.8) is 0 Å². The number of carbonyl (C=O) groups is 2. The van der Waals surface area contributed by atoms with Gasteiger partial charge < -0.3 is 10.1 Å². The standard InChI is InChI=1S/C21H30N2O3S/c1-3-13-26-20(24)18-14-27-19(16-7-5-4-6-8-16)23(18)21(25)22-17-11-9-15(2)10-12-17/h9-12,16,18-19H,3-8,13-14H2,1-2H3,(H,22,25)/t18-,19+/m1/s1. The maximum Gasteiger partial charge on any atom is 0.329 e. The van der Waals surface area contributed by atoms with Crippen LogP contribution in [0.25, 0.3) is 0 Å². The number of urea groups is 1. The van der Waals surface area contributed by atoms with Gasteiger partial charge in [0.1, 0.15) is 6.04 Å². The molecule has 0 spiro atoms. The number of amides is 2. The number of benzene rings is 1. The Balaban J connectivity index is 1.76. The van der Waals surface area contributed by atoms with Gasteiger partial charge in [0.25, 0.3) is 0 Å². The van der Waals surface area contributed by atoms with Crippen molar-refractivity contribution in [2.75, 3.05) is 17.7 Å². The molecule has 1 aliphatic carbocycles. The monoisotopic (exact) mass is 390 g/mol. The summed E-state index contributed by atoms with van der Waals surface area (Å²) in [5, 5.41) is 3.04. The number of rotatable bonds is 5. The number of anilines is 1. The molecule has 2 amide bonds. The fourth-order valence-electron chi connectivity index (χ4n) is 3.87. The minimum atomic E-state index is -0.501. The lowest BCUT2D eigenvalue weighted by Crippen LogP contribution is -2.50. The molecular formula is C21H30N2O3S. The van der Waals surface area contributed by atoms with Crippen LogP contribution in [0.15, 0.2) is 24.3 Å². The first-order chi connectivity index (χ1) is 13.1. The van der Waals surface area contributed by atoms with Gasteiger partial charge in [-0.15, -0.1) is 11.8 Å². The van der Waals surface area contributed by atoms with Gasteiger partial charge in [-0.25, -0.2) is 9.59 Å². The molecule has 1 N–H and O–H groups in total. The van der Waals surface area contributed by atoms with Crippen molar-refractivity contribution in [3.05, 3.63) is 29.8 Å². The number of esters is 1. The molecule has 1 aromatic carbocycles. The second kappa shape index (κ2) is 9.49. The molecule has 0 radical (unpaired) electrons. The average molecular weight is 391 g/mol. The van der Waals surface area contributed by atoms with E-state index in [0.29, 0.717) is 18.3 Å². The second-order valence-electron chi connectivity index (χ2n) is 7.51. The van der Waals surface area contributed by atoms with E-state index in [1.807, 2.05) is 38.1 Å². The molecule has 3 rings (SSSR count). The number of ether oxygens (including phenoxy) is 1. The summed E-state index contributed by atoms with van der Waals surface area (Å²) >= 11 is 1.73. The third-order valence-electron chi connectivity index (χ3n) is 5.35. The van der Waals surface area contributed by atoms with Crippen molar-refractivity contribution in [3.8, 4) is 0 Å². The Labute approximate surface area is 166 Å². The van der Waals surface area contributed by atoms with Crippen molar-refractivity contribution in [1.82, 2.24) is 4.90 Å². The van der Waals surface area contributed by atoms with E-state index in [1.165, 1.54) is 19.3 Å². The molecule has 1 aromatic rings. The number of nitrogens with zero attached hydrogens (tertiary/aromatic N) is 1. The van der Waals surface area contributed by atoms with E-state index >= 15 is 0 Å². The molecule has 1 aliphatic heterocycles. The molecule has 1 saturated carbocycles. The maximum absolute atomic E-state index is 13.1. The summed E-state index contributed by atoms with van der Waals surface area (Å²) < 4.78 is 5.38. The third kappa shape index (κ3) is 4.98. The van der Waals surface area contributed by atoms with Gasteiger partial charge >= 0.3 is 12.0 Å². The minimum absolute atomic E-state index is 0.0509. The summed E-state index contributed by atoms with van der Waals surface area (Å²) in [4.78, 5) is 27.5. The quantitative estimate of drug-likeness (QED) is 0.734. The Kier molecular flexibility index (Phi) is 7.05. The van der Waals surface area contributed by atoms with Crippen molar-refractivity contribution in [2.45, 2.75) is 63.8 Å². The molecule has 1 saturated heterocycles. The molecule has 2 fully saturated rings. The van der Waals surface area contributed by atoms with Gasteiger partial charge in [0.2, 0.25) is 0 Å². The van der Waals surface area contributed by atoms with Crippen LogP contribution in [0.2, 0.25) is 0 Å². The average Bonchev–Trinajstić information content (AvgIpc) is 3.14. The maximum atomic E-state index is 13.1. The summed E-state index contributed by atoms with van der Waals surface area (Å²) in [6.45, 7) is 4.40. The lowest BCUT2D eigenvalue weighted by atomic mass is 9.88. The number of aryl methyl sites for hydroxylation is 1. The van der Waals surface area contributed by atoms with Gasteiger partial charge in [0.05, 0.1) is 12.0 Å². The lowest BCUT2D eigenvalue weighted by Gasteiger charge is -2.35. The summed E-state index contributed by atoms with van der Waals surface area (Å²) in [5.74, 6) is 0.795. The van der Waals surface area contributed by atoms with E-state index in [0.717, 1.165) is 30.5 Å². The van der Waals surface area contributed by atoms with Crippen LogP contribution in [0.1, 0.15) is 51.0 Å². The van der Waals surface area contributed by atoms with Crippen LogP contribution < -0.4 is 5.32 Å². The van der Waals surface area contributed by atoms with Crippen LogP contribution in [-0.4, -0.2) is 40.7 Å². The topological polar surface area (TPSA) is 58.6 Å². The fourth-order valence-corrected chi connectivity index (χ4v) is 5.50.